The van der Waals surface area contributed by atoms with Crippen LogP contribution >= 0.6 is 11.3 Å². The highest BCUT2D eigenvalue weighted by molar-refractivity contribution is 7.09. The van der Waals surface area contributed by atoms with Gasteiger partial charge in [0, 0.05) is 45.0 Å². The van der Waals surface area contributed by atoms with Gasteiger partial charge in [-0.2, -0.15) is 5.10 Å². The van der Waals surface area contributed by atoms with Gasteiger partial charge in [-0.15, -0.1) is 11.3 Å². The first-order chi connectivity index (χ1) is 13.5. The monoisotopic (exact) mass is 403 g/mol. The number of nitrogens with zero attached hydrogens (tertiary/aromatic N) is 5. The molecule has 0 aromatic carbocycles. The lowest BCUT2D eigenvalue weighted by atomic mass is 9.77. The minimum Gasteiger partial charge on any atom is -0.366 e. The van der Waals surface area contributed by atoms with Gasteiger partial charge in [-0.1, -0.05) is 0 Å². The number of ether oxygens (including phenoxy) is 1. The Morgan fingerprint density at radius 2 is 2.11 bits per heavy atom. The minimum absolute atomic E-state index is 0.00865. The lowest BCUT2D eigenvalue weighted by Gasteiger charge is -2.38. The Morgan fingerprint density at radius 1 is 1.32 bits per heavy atom. The number of hydrogen-bond acceptors (Lipinski definition) is 6. The Morgan fingerprint density at radius 3 is 2.75 bits per heavy atom. The van der Waals surface area contributed by atoms with Crippen molar-refractivity contribution >= 4 is 17.2 Å². The van der Waals surface area contributed by atoms with E-state index in [-0.39, 0.29) is 24.7 Å². The molecule has 8 heteroatoms. The number of carbonyl (C=O) groups is 1. The summed E-state index contributed by atoms with van der Waals surface area (Å²) in [5.41, 5.74) is 1.15. The molecule has 1 aliphatic heterocycles. The van der Waals surface area contributed by atoms with Crippen LogP contribution in [0, 0.1) is 18.8 Å². The zero-order valence-corrected chi connectivity index (χ0v) is 17.6. The van der Waals surface area contributed by atoms with Crippen molar-refractivity contribution < 1.29 is 9.53 Å². The Labute approximate surface area is 170 Å². The predicted molar refractivity (Wildman–Crippen MR) is 108 cm³/mol. The smallest absolute Gasteiger partial charge is 0.248 e. The van der Waals surface area contributed by atoms with Crippen LogP contribution in [0.15, 0.2) is 24.0 Å². The average Bonchev–Trinajstić information content (AvgIpc) is 3.39. The van der Waals surface area contributed by atoms with E-state index in [1.165, 1.54) is 5.01 Å². The molecule has 2 fully saturated rings. The van der Waals surface area contributed by atoms with E-state index < -0.39 is 0 Å². The first-order valence-electron chi connectivity index (χ1n) is 9.93. The summed E-state index contributed by atoms with van der Waals surface area (Å²) in [6, 6.07) is 0.185. The molecule has 28 heavy (non-hydrogen) atoms. The number of thiazole rings is 1. The molecule has 3 heterocycles. The molecule has 4 rings (SSSR count). The molecule has 1 aliphatic carbocycles. The van der Waals surface area contributed by atoms with Crippen molar-refractivity contribution in [2.75, 3.05) is 33.8 Å². The van der Waals surface area contributed by atoms with Gasteiger partial charge < -0.3 is 9.64 Å². The van der Waals surface area contributed by atoms with Gasteiger partial charge in [-0.05, 0) is 37.2 Å². The molecule has 0 radical (unpaired) electrons. The molecule has 1 saturated carbocycles. The fourth-order valence-corrected chi connectivity index (χ4v) is 5.18. The molecule has 1 amide bonds. The zero-order chi connectivity index (χ0) is 19.7. The molecule has 0 spiro atoms. The quantitative estimate of drug-likeness (QED) is 0.740. The number of rotatable bonds is 6. The molecule has 2 aliphatic rings. The molecule has 1 saturated heterocycles. The highest BCUT2D eigenvalue weighted by atomic mass is 32.1. The first kappa shape index (κ1) is 19.5. The van der Waals surface area contributed by atoms with Crippen molar-refractivity contribution in [3.8, 4) is 0 Å². The molecule has 0 N–H and O–H groups in total. The van der Waals surface area contributed by atoms with Gasteiger partial charge >= 0.3 is 0 Å². The zero-order valence-electron chi connectivity index (χ0n) is 16.8. The number of fused-ring (bicyclic) bond motifs is 1. The maximum atomic E-state index is 12.1. The molecule has 2 aromatic rings. The lowest BCUT2D eigenvalue weighted by molar-refractivity contribution is -0.138. The molecular weight excluding hydrogens is 374 g/mol. The normalized spacial score (nSPS) is 27.7. The summed E-state index contributed by atoms with van der Waals surface area (Å²) in [6.45, 7) is 5.31. The summed E-state index contributed by atoms with van der Waals surface area (Å²) in [4.78, 5) is 20.6. The topological polar surface area (TPSA) is 63.5 Å². The Bertz CT molecular complexity index is 790. The average molecular weight is 404 g/mol. The largest absolute Gasteiger partial charge is 0.366 e. The van der Waals surface area contributed by atoms with Crippen LogP contribution in [0.25, 0.3) is 0 Å². The van der Waals surface area contributed by atoms with Crippen molar-refractivity contribution in [2.45, 2.75) is 38.5 Å². The fourth-order valence-electron chi connectivity index (χ4n) is 4.52. The van der Waals surface area contributed by atoms with Crippen LogP contribution in [0.2, 0.25) is 0 Å². The second-order valence-electron chi connectivity index (χ2n) is 8.31. The highest BCUT2D eigenvalue weighted by Crippen LogP contribution is 2.42. The molecular formula is C20H29N5O2S. The second kappa shape index (κ2) is 8.31. The number of aryl methyl sites for hydroxylation is 1. The third kappa shape index (κ3) is 4.29. The third-order valence-electron chi connectivity index (χ3n) is 5.99. The number of hydrogen-bond donors (Lipinski definition) is 0. The second-order valence-corrected chi connectivity index (χ2v) is 9.29. The standard InChI is InChI=1S/C20H29N5O2S/c1-14-8-22-25(9-14)17-6-15-10-24(12-19-21-4-5-28-19)11-16(15)7-18(17)27-13-20(26)23(2)3/h4-5,8-9,15-18H,6-7,10-13H2,1-3H3/t15-,16+,17-,18-/m0/s1. The van der Waals surface area contributed by atoms with Crippen LogP contribution in [0.4, 0.5) is 0 Å². The van der Waals surface area contributed by atoms with E-state index >= 15 is 0 Å². The molecule has 4 atom stereocenters. The van der Waals surface area contributed by atoms with E-state index in [0.29, 0.717) is 11.8 Å². The van der Waals surface area contributed by atoms with Crippen molar-refractivity contribution in [1.82, 2.24) is 24.6 Å². The SMILES string of the molecule is Cc1cnn([C@H]2C[C@H]3CN(Cc4nccs4)C[C@H]3C[C@@H]2OCC(=O)N(C)C)c1. The summed E-state index contributed by atoms with van der Waals surface area (Å²) in [5, 5.41) is 7.79. The maximum absolute atomic E-state index is 12.1. The minimum atomic E-state index is 0.00865. The number of likely N-dealkylation sites (N-methyl/N-ethyl adjacent to an activating group) is 1. The summed E-state index contributed by atoms with van der Waals surface area (Å²) < 4.78 is 8.21. The summed E-state index contributed by atoms with van der Waals surface area (Å²) in [5.74, 6) is 1.25. The van der Waals surface area contributed by atoms with Gasteiger partial charge in [0.2, 0.25) is 5.91 Å². The third-order valence-corrected chi connectivity index (χ3v) is 6.76. The molecule has 0 unspecified atom stereocenters. The fraction of sp³-hybridized carbons (Fsp3) is 0.650. The van der Waals surface area contributed by atoms with E-state index in [1.807, 2.05) is 17.8 Å². The van der Waals surface area contributed by atoms with Gasteiger partial charge in [0.25, 0.3) is 0 Å². The van der Waals surface area contributed by atoms with Crippen LogP contribution in [-0.2, 0) is 16.1 Å². The van der Waals surface area contributed by atoms with Crippen molar-refractivity contribution in [3.63, 3.8) is 0 Å². The van der Waals surface area contributed by atoms with Crippen LogP contribution in [-0.4, -0.2) is 70.4 Å². The Balaban J connectivity index is 1.46. The summed E-state index contributed by atoms with van der Waals surface area (Å²) in [6.07, 6.45) is 7.91. The molecule has 0 bridgehead atoms. The van der Waals surface area contributed by atoms with E-state index in [4.69, 9.17) is 4.74 Å². The lowest BCUT2D eigenvalue weighted by Crippen LogP contribution is -2.40. The van der Waals surface area contributed by atoms with E-state index in [9.17, 15) is 4.79 Å². The van der Waals surface area contributed by atoms with Gasteiger partial charge in [0.05, 0.1) is 24.9 Å². The number of carbonyl (C=O) groups excluding carboxylic acids is 1. The van der Waals surface area contributed by atoms with Crippen LogP contribution in [0.1, 0.15) is 29.5 Å². The molecule has 152 valence electrons. The van der Waals surface area contributed by atoms with Crippen LogP contribution in [0.5, 0.6) is 0 Å². The van der Waals surface area contributed by atoms with E-state index in [2.05, 4.69) is 32.8 Å². The van der Waals surface area contributed by atoms with Gasteiger partial charge in [0.15, 0.2) is 0 Å². The Kier molecular flexibility index (Phi) is 5.80. The number of aromatic nitrogens is 3. The van der Waals surface area contributed by atoms with E-state index in [0.717, 1.165) is 38.0 Å². The van der Waals surface area contributed by atoms with Gasteiger partial charge in [-0.25, -0.2) is 4.98 Å². The highest BCUT2D eigenvalue weighted by Gasteiger charge is 2.43. The Hall–Kier alpha value is -1.77. The van der Waals surface area contributed by atoms with Crippen molar-refractivity contribution in [1.29, 1.82) is 0 Å². The van der Waals surface area contributed by atoms with Gasteiger partial charge in [-0.3, -0.25) is 14.4 Å². The predicted octanol–water partition coefficient (Wildman–Crippen LogP) is 2.20. The van der Waals surface area contributed by atoms with Crippen molar-refractivity contribution in [3.05, 3.63) is 34.5 Å². The number of likely N-dealkylation sites (tertiary alicyclic amines) is 1. The van der Waals surface area contributed by atoms with Crippen LogP contribution in [0.3, 0.4) is 0 Å². The molecule has 7 nitrogen and oxygen atoms in total. The summed E-state index contributed by atoms with van der Waals surface area (Å²) in [7, 11) is 3.54. The number of amides is 1. The maximum Gasteiger partial charge on any atom is 0.248 e. The molecule has 2 aromatic heterocycles. The van der Waals surface area contributed by atoms with Gasteiger partial charge in [0.1, 0.15) is 11.6 Å². The van der Waals surface area contributed by atoms with Crippen LogP contribution < -0.4 is 0 Å². The first-order valence-corrected chi connectivity index (χ1v) is 10.8. The van der Waals surface area contributed by atoms with Crippen molar-refractivity contribution in [2.24, 2.45) is 11.8 Å². The summed E-state index contributed by atoms with van der Waals surface area (Å²) >= 11 is 1.72. The van der Waals surface area contributed by atoms with E-state index in [1.54, 1.807) is 30.3 Å².